The summed E-state index contributed by atoms with van der Waals surface area (Å²) < 4.78 is 52.7. The fourth-order valence-electron chi connectivity index (χ4n) is 1.00. The Kier molecular flexibility index (Phi) is 3.59. The first kappa shape index (κ1) is 13.4. The van der Waals surface area contributed by atoms with E-state index in [-0.39, 0.29) is 5.75 Å². The van der Waals surface area contributed by atoms with Crippen LogP contribution in [0.4, 0.5) is 17.6 Å². The number of phenolic OH excluding ortho intramolecular Hbond substituents is 1. The van der Waals surface area contributed by atoms with Gasteiger partial charge in [-0.2, -0.15) is 17.6 Å². The molecule has 0 saturated carbocycles. The van der Waals surface area contributed by atoms with E-state index in [1.54, 1.807) is 0 Å². The summed E-state index contributed by atoms with van der Waals surface area (Å²) in [5.74, 6) is -9.40. The first-order chi connectivity index (χ1) is 7.19. The van der Waals surface area contributed by atoms with Crippen LogP contribution in [0.3, 0.4) is 0 Å². The van der Waals surface area contributed by atoms with Gasteiger partial charge in [-0.05, 0) is 24.3 Å². The van der Waals surface area contributed by atoms with Crippen LogP contribution in [0.2, 0.25) is 0 Å². The zero-order chi connectivity index (χ0) is 12.6. The van der Waals surface area contributed by atoms with E-state index in [0.717, 1.165) is 12.1 Å². The quantitative estimate of drug-likeness (QED) is 0.655. The van der Waals surface area contributed by atoms with Crippen LogP contribution in [0, 0.1) is 0 Å². The Bertz CT molecular complexity index is 364. The largest absolute Gasteiger partial charge is 0.508 e. The van der Waals surface area contributed by atoms with Crippen LogP contribution in [0.1, 0.15) is 5.56 Å². The zero-order valence-electron chi connectivity index (χ0n) is 7.60. The highest BCUT2D eigenvalue weighted by Crippen LogP contribution is 2.47. The SMILES string of the molecule is Oc1ccc(C(F)(F)C(F)(F)C(Cl)Cl)cc1. The van der Waals surface area contributed by atoms with E-state index < -0.39 is 22.2 Å². The molecule has 0 aliphatic heterocycles. The van der Waals surface area contributed by atoms with Gasteiger partial charge in [0.25, 0.3) is 0 Å². The maximum atomic E-state index is 13.3. The minimum atomic E-state index is -4.59. The summed E-state index contributed by atoms with van der Waals surface area (Å²) in [5, 5.41) is 8.85. The summed E-state index contributed by atoms with van der Waals surface area (Å²) in [4.78, 5) is -2.53. The van der Waals surface area contributed by atoms with Gasteiger partial charge in [-0.25, -0.2) is 0 Å². The number of rotatable bonds is 3. The van der Waals surface area contributed by atoms with Crippen molar-refractivity contribution in [3.63, 3.8) is 0 Å². The van der Waals surface area contributed by atoms with Gasteiger partial charge < -0.3 is 5.11 Å². The molecular weight excluding hydrogens is 271 g/mol. The maximum Gasteiger partial charge on any atom is 0.343 e. The summed E-state index contributed by atoms with van der Waals surface area (Å²) in [5.41, 5.74) is -0.971. The Morgan fingerprint density at radius 1 is 1.00 bits per heavy atom. The molecule has 0 aliphatic rings. The van der Waals surface area contributed by atoms with Gasteiger partial charge >= 0.3 is 11.8 Å². The predicted octanol–water partition coefficient (Wildman–Crippen LogP) is 3.92. The lowest BCUT2D eigenvalue weighted by Crippen LogP contribution is -2.43. The minimum Gasteiger partial charge on any atom is -0.508 e. The molecule has 0 radical (unpaired) electrons. The third kappa shape index (κ3) is 2.20. The molecule has 0 aliphatic carbocycles. The topological polar surface area (TPSA) is 20.2 Å². The van der Waals surface area contributed by atoms with Crippen LogP contribution in [0.5, 0.6) is 5.75 Å². The molecule has 0 atom stereocenters. The molecule has 1 nitrogen and oxygen atoms in total. The van der Waals surface area contributed by atoms with Crippen molar-refractivity contribution >= 4 is 23.2 Å². The van der Waals surface area contributed by atoms with Crippen molar-refractivity contribution in [3.8, 4) is 5.75 Å². The van der Waals surface area contributed by atoms with Crippen molar-refractivity contribution in [3.05, 3.63) is 29.8 Å². The van der Waals surface area contributed by atoms with Crippen molar-refractivity contribution in [1.82, 2.24) is 0 Å². The molecule has 0 unspecified atom stereocenters. The molecule has 1 N–H and O–H groups in total. The normalized spacial score (nSPS) is 13.2. The molecule has 0 bridgehead atoms. The van der Waals surface area contributed by atoms with Crippen molar-refractivity contribution in [2.75, 3.05) is 0 Å². The van der Waals surface area contributed by atoms with Gasteiger partial charge in [0.2, 0.25) is 0 Å². The third-order valence-electron chi connectivity index (χ3n) is 1.92. The molecule has 90 valence electrons. The van der Waals surface area contributed by atoms with Crippen molar-refractivity contribution < 1.29 is 22.7 Å². The molecule has 16 heavy (non-hydrogen) atoms. The number of hydrogen-bond donors (Lipinski definition) is 1. The summed E-state index contributed by atoms with van der Waals surface area (Å²) in [7, 11) is 0. The van der Waals surface area contributed by atoms with Gasteiger partial charge in [0.05, 0.1) is 0 Å². The van der Waals surface area contributed by atoms with Crippen LogP contribution >= 0.6 is 23.2 Å². The number of hydrogen-bond acceptors (Lipinski definition) is 1. The smallest absolute Gasteiger partial charge is 0.343 e. The first-order valence-corrected chi connectivity index (χ1v) is 4.90. The molecule has 7 heteroatoms. The standard InChI is InChI=1S/C9H6Cl2F4O/c10-7(11)9(14,15)8(12,13)5-1-3-6(16)4-2-5/h1-4,7,16H. The Morgan fingerprint density at radius 2 is 1.44 bits per heavy atom. The van der Waals surface area contributed by atoms with Gasteiger partial charge in [0.15, 0.2) is 4.84 Å². The fraction of sp³-hybridized carbons (Fsp3) is 0.333. The number of halogens is 6. The predicted molar refractivity (Wildman–Crippen MR) is 52.4 cm³/mol. The summed E-state index contributed by atoms with van der Waals surface area (Å²) >= 11 is 9.64. The monoisotopic (exact) mass is 276 g/mol. The molecular formula is C9H6Cl2F4O. The number of benzene rings is 1. The summed E-state index contributed by atoms with van der Waals surface area (Å²) in [6.07, 6.45) is 0. The van der Waals surface area contributed by atoms with E-state index in [9.17, 15) is 17.6 Å². The molecule has 0 heterocycles. The lowest BCUT2D eigenvalue weighted by molar-refractivity contribution is -0.207. The highest BCUT2D eigenvalue weighted by molar-refractivity contribution is 6.45. The van der Waals surface area contributed by atoms with Crippen LogP contribution in [0.15, 0.2) is 24.3 Å². The van der Waals surface area contributed by atoms with E-state index in [1.165, 1.54) is 0 Å². The van der Waals surface area contributed by atoms with Crippen molar-refractivity contribution in [2.24, 2.45) is 0 Å². The van der Waals surface area contributed by atoms with E-state index in [1.807, 2.05) is 0 Å². The molecule has 0 aromatic heterocycles. The highest BCUT2D eigenvalue weighted by Gasteiger charge is 2.61. The molecule has 0 saturated heterocycles. The Labute approximate surface area is 98.6 Å². The maximum absolute atomic E-state index is 13.3. The van der Waals surface area contributed by atoms with Gasteiger partial charge in [-0.3, -0.25) is 0 Å². The number of alkyl halides is 6. The van der Waals surface area contributed by atoms with Crippen LogP contribution in [-0.2, 0) is 5.92 Å². The lowest BCUT2D eigenvalue weighted by atomic mass is 10.0. The number of phenols is 1. The van der Waals surface area contributed by atoms with E-state index in [4.69, 9.17) is 28.3 Å². The Morgan fingerprint density at radius 3 is 1.81 bits per heavy atom. The molecule has 1 aromatic carbocycles. The first-order valence-electron chi connectivity index (χ1n) is 4.03. The summed E-state index contributed by atoms with van der Waals surface area (Å²) in [6, 6.07) is 3.10. The second kappa shape index (κ2) is 4.30. The lowest BCUT2D eigenvalue weighted by Gasteiger charge is -2.27. The molecule has 1 aromatic rings. The van der Waals surface area contributed by atoms with E-state index >= 15 is 0 Å². The van der Waals surface area contributed by atoms with Crippen LogP contribution < -0.4 is 0 Å². The second-order valence-corrected chi connectivity index (χ2v) is 4.14. The van der Waals surface area contributed by atoms with Crippen molar-refractivity contribution in [1.29, 1.82) is 0 Å². The highest BCUT2D eigenvalue weighted by atomic mass is 35.5. The van der Waals surface area contributed by atoms with Crippen LogP contribution in [-0.4, -0.2) is 15.9 Å². The minimum absolute atomic E-state index is 0.309. The molecule has 0 fully saturated rings. The summed E-state index contributed by atoms with van der Waals surface area (Å²) in [6.45, 7) is 0. The van der Waals surface area contributed by atoms with Gasteiger partial charge in [0, 0.05) is 5.56 Å². The number of aromatic hydroxyl groups is 1. The average molecular weight is 277 g/mol. The van der Waals surface area contributed by atoms with E-state index in [0.29, 0.717) is 12.1 Å². The fourth-order valence-corrected chi connectivity index (χ4v) is 1.27. The molecule has 0 spiro atoms. The van der Waals surface area contributed by atoms with Gasteiger partial charge in [0.1, 0.15) is 5.75 Å². The molecule has 1 rings (SSSR count). The average Bonchev–Trinajstić information content (AvgIpc) is 2.17. The Hall–Kier alpha value is -0.680. The van der Waals surface area contributed by atoms with E-state index in [2.05, 4.69) is 0 Å². The van der Waals surface area contributed by atoms with Crippen LogP contribution in [0.25, 0.3) is 0 Å². The Balaban J connectivity index is 3.15. The second-order valence-electron chi connectivity index (χ2n) is 3.04. The molecule has 0 amide bonds. The zero-order valence-corrected chi connectivity index (χ0v) is 9.11. The third-order valence-corrected chi connectivity index (χ3v) is 2.47. The van der Waals surface area contributed by atoms with Crippen molar-refractivity contribution in [2.45, 2.75) is 16.7 Å². The van der Waals surface area contributed by atoms with Gasteiger partial charge in [-0.15, -0.1) is 0 Å². The van der Waals surface area contributed by atoms with Gasteiger partial charge in [-0.1, -0.05) is 23.2 Å².